The van der Waals surface area contributed by atoms with E-state index in [2.05, 4.69) is 29.2 Å². The van der Waals surface area contributed by atoms with Gasteiger partial charge in [0.05, 0.1) is 12.7 Å². The molecule has 2 aliphatic heterocycles. The molecule has 1 atom stereocenters. The molecule has 0 aliphatic carbocycles. The molecule has 2 N–H and O–H groups in total. The third-order valence-corrected chi connectivity index (χ3v) is 4.53. The summed E-state index contributed by atoms with van der Waals surface area (Å²) < 4.78 is 5.50. The van der Waals surface area contributed by atoms with Gasteiger partial charge in [0.1, 0.15) is 0 Å². The predicted octanol–water partition coefficient (Wildman–Crippen LogP) is 1.81. The van der Waals surface area contributed by atoms with Crippen LogP contribution in [0.25, 0.3) is 0 Å². The zero-order valence-electron chi connectivity index (χ0n) is 13.9. The van der Waals surface area contributed by atoms with E-state index in [0.717, 1.165) is 26.1 Å². The van der Waals surface area contributed by atoms with E-state index in [4.69, 9.17) is 10.5 Å². The van der Waals surface area contributed by atoms with Crippen LogP contribution in [0.1, 0.15) is 24.0 Å². The van der Waals surface area contributed by atoms with Crippen LogP contribution in [0, 0.1) is 0 Å². The van der Waals surface area contributed by atoms with Crippen molar-refractivity contribution in [3.05, 3.63) is 35.4 Å². The summed E-state index contributed by atoms with van der Waals surface area (Å²) in [6.07, 6.45) is 1.53. The van der Waals surface area contributed by atoms with Gasteiger partial charge >= 0.3 is 0 Å². The van der Waals surface area contributed by atoms with Gasteiger partial charge in [0.15, 0.2) is 0 Å². The Morgan fingerprint density at radius 1 is 1.21 bits per heavy atom. The Morgan fingerprint density at radius 2 is 1.88 bits per heavy atom. The van der Waals surface area contributed by atoms with Crippen molar-refractivity contribution < 1.29 is 9.53 Å². The number of nitrogens with two attached hydrogens (primary N) is 1. The van der Waals surface area contributed by atoms with Crippen LogP contribution >= 0.6 is 24.8 Å². The molecule has 5 nitrogen and oxygen atoms in total. The van der Waals surface area contributed by atoms with Crippen molar-refractivity contribution in [2.24, 2.45) is 5.73 Å². The number of morpholine rings is 1. The minimum absolute atomic E-state index is 0. The van der Waals surface area contributed by atoms with Gasteiger partial charge in [-0.15, -0.1) is 24.8 Å². The summed E-state index contributed by atoms with van der Waals surface area (Å²) in [4.78, 5) is 16.6. The number of rotatable bonds is 5. The highest BCUT2D eigenvalue weighted by atomic mass is 35.5. The van der Waals surface area contributed by atoms with Crippen LogP contribution in [-0.2, 0) is 22.6 Å². The molecule has 1 amide bonds. The maximum atomic E-state index is 12.3. The standard InChI is InChI=1S/C17H25N3O2.2ClH/c18-10-16-13-20(8-9-22-16)17(21)6-3-7-19-11-14-4-1-2-5-15(14)12-19;;/h1-2,4-5,16H,3,6-13,18H2;2*1H. The Morgan fingerprint density at radius 3 is 2.50 bits per heavy atom. The summed E-state index contributed by atoms with van der Waals surface area (Å²) >= 11 is 0. The fourth-order valence-corrected chi connectivity index (χ4v) is 3.26. The number of carbonyl (C=O) groups is 1. The van der Waals surface area contributed by atoms with Crippen molar-refractivity contribution in [1.29, 1.82) is 0 Å². The molecule has 7 heteroatoms. The van der Waals surface area contributed by atoms with E-state index in [-0.39, 0.29) is 36.8 Å². The van der Waals surface area contributed by atoms with Crippen LogP contribution in [0.4, 0.5) is 0 Å². The molecule has 3 rings (SSSR count). The van der Waals surface area contributed by atoms with Crippen LogP contribution < -0.4 is 5.73 Å². The topological polar surface area (TPSA) is 58.8 Å². The quantitative estimate of drug-likeness (QED) is 0.852. The zero-order chi connectivity index (χ0) is 15.4. The molecule has 24 heavy (non-hydrogen) atoms. The molecule has 0 aromatic heterocycles. The number of halogens is 2. The summed E-state index contributed by atoms with van der Waals surface area (Å²) in [6, 6.07) is 8.58. The first-order chi connectivity index (χ1) is 10.8. The van der Waals surface area contributed by atoms with Crippen molar-refractivity contribution in [3.63, 3.8) is 0 Å². The lowest BCUT2D eigenvalue weighted by atomic mass is 10.1. The molecule has 1 unspecified atom stereocenters. The second-order valence-electron chi connectivity index (χ2n) is 6.15. The minimum Gasteiger partial charge on any atom is -0.373 e. The van der Waals surface area contributed by atoms with E-state index in [0.29, 0.717) is 32.7 Å². The smallest absolute Gasteiger partial charge is 0.222 e. The Labute approximate surface area is 156 Å². The second-order valence-corrected chi connectivity index (χ2v) is 6.15. The Bertz CT molecular complexity index is 505. The summed E-state index contributed by atoms with van der Waals surface area (Å²) in [5, 5.41) is 0. The largest absolute Gasteiger partial charge is 0.373 e. The summed E-state index contributed by atoms with van der Waals surface area (Å²) in [7, 11) is 0. The van der Waals surface area contributed by atoms with Crippen molar-refractivity contribution in [2.75, 3.05) is 32.8 Å². The highest BCUT2D eigenvalue weighted by Gasteiger charge is 2.23. The van der Waals surface area contributed by atoms with Gasteiger partial charge in [0, 0.05) is 39.1 Å². The summed E-state index contributed by atoms with van der Waals surface area (Å²) in [5.74, 6) is 0.235. The maximum absolute atomic E-state index is 12.3. The van der Waals surface area contributed by atoms with Crippen LogP contribution in [-0.4, -0.2) is 54.6 Å². The van der Waals surface area contributed by atoms with Crippen molar-refractivity contribution in [1.82, 2.24) is 9.80 Å². The molecule has 136 valence electrons. The number of hydrogen-bond acceptors (Lipinski definition) is 4. The Kier molecular flexibility index (Phi) is 9.02. The fraction of sp³-hybridized carbons (Fsp3) is 0.588. The van der Waals surface area contributed by atoms with Gasteiger partial charge in [-0.1, -0.05) is 24.3 Å². The first-order valence-electron chi connectivity index (χ1n) is 8.15. The number of nitrogens with zero attached hydrogens (tertiary/aromatic N) is 2. The maximum Gasteiger partial charge on any atom is 0.222 e. The molecule has 2 aliphatic rings. The number of ether oxygens (including phenoxy) is 1. The molecule has 0 bridgehead atoms. The average molecular weight is 376 g/mol. The number of carbonyl (C=O) groups excluding carboxylic acids is 1. The monoisotopic (exact) mass is 375 g/mol. The number of benzene rings is 1. The second kappa shape index (κ2) is 10.2. The molecule has 0 saturated carbocycles. The first-order valence-corrected chi connectivity index (χ1v) is 8.15. The zero-order valence-corrected chi connectivity index (χ0v) is 15.5. The summed E-state index contributed by atoms with van der Waals surface area (Å²) in [5.41, 5.74) is 8.47. The molecule has 0 radical (unpaired) electrons. The highest BCUT2D eigenvalue weighted by Crippen LogP contribution is 2.22. The van der Waals surface area contributed by atoms with Crippen molar-refractivity contribution in [3.8, 4) is 0 Å². The van der Waals surface area contributed by atoms with E-state index in [1.165, 1.54) is 11.1 Å². The SMILES string of the molecule is Cl.Cl.NCC1CN(C(=O)CCCN2Cc3ccccc3C2)CCO1. The fourth-order valence-electron chi connectivity index (χ4n) is 3.26. The molecule has 2 heterocycles. The first kappa shape index (κ1) is 21.2. The third-order valence-electron chi connectivity index (χ3n) is 4.53. The lowest BCUT2D eigenvalue weighted by molar-refractivity contribution is -0.138. The van der Waals surface area contributed by atoms with Gasteiger partial charge in [-0.2, -0.15) is 0 Å². The third kappa shape index (κ3) is 5.33. The highest BCUT2D eigenvalue weighted by molar-refractivity contribution is 5.85. The molecule has 1 aromatic carbocycles. The summed E-state index contributed by atoms with van der Waals surface area (Å²) in [6.45, 7) is 5.43. The van der Waals surface area contributed by atoms with Crippen molar-refractivity contribution >= 4 is 30.7 Å². The van der Waals surface area contributed by atoms with Gasteiger partial charge in [-0.3, -0.25) is 9.69 Å². The minimum atomic E-state index is 0. The molecule has 1 fully saturated rings. The van der Waals surface area contributed by atoms with E-state index >= 15 is 0 Å². The van der Waals surface area contributed by atoms with Crippen LogP contribution in [0.15, 0.2) is 24.3 Å². The average Bonchev–Trinajstić information content (AvgIpc) is 2.97. The van der Waals surface area contributed by atoms with E-state index in [1.807, 2.05) is 4.90 Å². The number of hydrogen-bond donors (Lipinski definition) is 1. The molecular formula is C17H27Cl2N3O2. The van der Waals surface area contributed by atoms with Gasteiger partial charge in [0.2, 0.25) is 5.91 Å². The number of fused-ring (bicyclic) bond motifs is 1. The normalized spacial score (nSPS) is 20.0. The molecular weight excluding hydrogens is 349 g/mol. The Hall–Kier alpha value is -0.850. The number of amides is 1. The molecule has 1 saturated heterocycles. The van der Waals surface area contributed by atoms with Gasteiger partial charge in [-0.05, 0) is 24.1 Å². The van der Waals surface area contributed by atoms with Gasteiger partial charge in [-0.25, -0.2) is 0 Å². The van der Waals surface area contributed by atoms with Gasteiger partial charge in [0.25, 0.3) is 0 Å². The van der Waals surface area contributed by atoms with E-state index in [1.54, 1.807) is 0 Å². The molecule has 0 spiro atoms. The van der Waals surface area contributed by atoms with Crippen LogP contribution in [0.3, 0.4) is 0 Å². The molecule has 1 aromatic rings. The van der Waals surface area contributed by atoms with E-state index in [9.17, 15) is 4.79 Å². The van der Waals surface area contributed by atoms with E-state index < -0.39 is 0 Å². The lowest BCUT2D eigenvalue weighted by Gasteiger charge is -2.32. The predicted molar refractivity (Wildman–Crippen MR) is 99.7 cm³/mol. The lowest BCUT2D eigenvalue weighted by Crippen LogP contribution is -2.48. The van der Waals surface area contributed by atoms with Crippen LogP contribution in [0.5, 0.6) is 0 Å². The van der Waals surface area contributed by atoms with Crippen molar-refractivity contribution in [2.45, 2.75) is 32.0 Å². The Balaban J connectivity index is 0.00000144. The van der Waals surface area contributed by atoms with Gasteiger partial charge < -0.3 is 15.4 Å². The van der Waals surface area contributed by atoms with Crippen LogP contribution in [0.2, 0.25) is 0 Å².